The van der Waals surface area contributed by atoms with Gasteiger partial charge in [0.05, 0.1) is 13.1 Å². The van der Waals surface area contributed by atoms with Crippen molar-refractivity contribution in [3.8, 4) is 11.5 Å². The summed E-state index contributed by atoms with van der Waals surface area (Å²) in [5, 5.41) is 21.9. The summed E-state index contributed by atoms with van der Waals surface area (Å²) in [4.78, 5) is 23.0. The lowest BCUT2D eigenvalue weighted by molar-refractivity contribution is -0.121. The van der Waals surface area contributed by atoms with Gasteiger partial charge in [-0.05, 0) is 30.5 Å². The highest BCUT2D eigenvalue weighted by Crippen LogP contribution is 2.34. The van der Waals surface area contributed by atoms with Crippen molar-refractivity contribution >= 4 is 19.0 Å². The number of carbonyl (C=O) groups excluding carboxylic acids is 1. The van der Waals surface area contributed by atoms with E-state index < -0.39 is 19.0 Å². The van der Waals surface area contributed by atoms with Gasteiger partial charge in [0.2, 0.25) is 5.91 Å². The van der Waals surface area contributed by atoms with E-state index in [9.17, 15) is 19.7 Å². The van der Waals surface area contributed by atoms with Crippen LogP contribution in [0.1, 0.15) is 35.7 Å². The maximum Gasteiger partial charge on any atom is 0.547 e. The van der Waals surface area contributed by atoms with E-state index in [0.717, 1.165) is 0 Å². The number of rotatable bonds is 5. The molecule has 0 aliphatic carbocycles. The third-order valence-corrected chi connectivity index (χ3v) is 3.45. The van der Waals surface area contributed by atoms with Crippen LogP contribution in [-0.4, -0.2) is 42.2 Å². The normalized spacial score (nSPS) is 16.5. The van der Waals surface area contributed by atoms with E-state index in [1.807, 2.05) is 6.92 Å². The summed E-state index contributed by atoms with van der Waals surface area (Å²) in [7, 11) is 0.145. The van der Waals surface area contributed by atoms with Crippen molar-refractivity contribution in [2.45, 2.75) is 32.1 Å². The van der Waals surface area contributed by atoms with Crippen molar-refractivity contribution in [2.75, 3.05) is 7.11 Å². The highest BCUT2D eigenvalue weighted by molar-refractivity contribution is 6.47. The fourth-order valence-corrected chi connectivity index (χ4v) is 2.40. The molecule has 1 aliphatic rings. The summed E-state index contributed by atoms with van der Waals surface area (Å²) in [6.07, 6.45) is 1.32. The van der Waals surface area contributed by atoms with Crippen LogP contribution < -0.4 is 14.7 Å². The van der Waals surface area contributed by atoms with Gasteiger partial charge in [-0.3, -0.25) is 4.79 Å². The summed E-state index contributed by atoms with van der Waals surface area (Å²) in [6, 6.07) is 2.98. The first-order chi connectivity index (χ1) is 10.5. The van der Waals surface area contributed by atoms with Crippen molar-refractivity contribution in [2.24, 2.45) is 0 Å². The number of fused-ring (bicyclic) bond motifs is 1. The molecule has 1 aromatic carbocycles. The van der Waals surface area contributed by atoms with E-state index in [2.05, 4.69) is 5.32 Å². The van der Waals surface area contributed by atoms with Crippen molar-refractivity contribution in [3.63, 3.8) is 0 Å². The van der Waals surface area contributed by atoms with Crippen molar-refractivity contribution < 1.29 is 29.1 Å². The highest BCUT2D eigenvalue weighted by atomic mass is 16.5. The predicted octanol–water partition coefficient (Wildman–Crippen LogP) is 0.633. The Balaban J connectivity index is 2.30. The second kappa shape index (κ2) is 6.70. The molecule has 2 rings (SSSR count). The number of carboxylic acid groups (broad SMARTS) is 1. The van der Waals surface area contributed by atoms with Crippen LogP contribution in [0.25, 0.3) is 0 Å². The Morgan fingerprint density at radius 1 is 1.50 bits per heavy atom. The molecule has 7 nitrogen and oxygen atoms in total. The quantitative estimate of drug-likeness (QED) is 0.689. The lowest BCUT2D eigenvalue weighted by Crippen LogP contribution is -2.53. The van der Waals surface area contributed by atoms with Crippen LogP contribution in [0, 0.1) is 0 Å². The molecule has 0 bridgehead atoms. The first-order valence-electron chi connectivity index (χ1n) is 7.04. The molecule has 0 saturated carbocycles. The Morgan fingerprint density at radius 3 is 2.82 bits per heavy atom. The minimum absolute atomic E-state index is 0.0771. The minimum Gasteiger partial charge on any atom is -0.534 e. The Hall–Kier alpha value is -2.22. The van der Waals surface area contributed by atoms with Crippen LogP contribution in [0.3, 0.4) is 0 Å². The molecule has 1 heterocycles. The molecule has 1 aromatic rings. The van der Waals surface area contributed by atoms with E-state index >= 15 is 0 Å². The number of ether oxygens (including phenoxy) is 1. The standard InChI is InChI=1S/C14H18BNO6/c1-3-4-12(17)16-11-6-8-5-9(21-2)7-10(14(18)19)13(8)22-15(11)20/h5,7,11,20H,3-4,6H2,1-2H3,(H,16,17)(H,18,19). The average Bonchev–Trinajstić information content (AvgIpc) is 2.47. The molecule has 8 heteroatoms. The van der Waals surface area contributed by atoms with Gasteiger partial charge in [0.15, 0.2) is 0 Å². The summed E-state index contributed by atoms with van der Waals surface area (Å²) < 4.78 is 10.4. The zero-order valence-corrected chi connectivity index (χ0v) is 12.5. The van der Waals surface area contributed by atoms with E-state index in [-0.39, 0.29) is 23.6 Å². The number of methoxy groups -OCH3 is 1. The maximum atomic E-state index is 11.7. The molecule has 118 valence electrons. The molecule has 1 amide bonds. The second-order valence-corrected chi connectivity index (χ2v) is 5.10. The summed E-state index contributed by atoms with van der Waals surface area (Å²) in [5.41, 5.74) is 0.496. The van der Waals surface area contributed by atoms with Crippen LogP contribution in [-0.2, 0) is 11.2 Å². The molecular weight excluding hydrogens is 289 g/mol. The monoisotopic (exact) mass is 307 g/mol. The zero-order valence-electron chi connectivity index (χ0n) is 12.5. The first kappa shape index (κ1) is 16.2. The van der Waals surface area contributed by atoms with E-state index in [0.29, 0.717) is 24.2 Å². The SMILES string of the molecule is CCCC(=O)NC1Cc2cc(OC)cc(C(=O)O)c2OB1O. The van der Waals surface area contributed by atoms with Gasteiger partial charge in [0.1, 0.15) is 17.1 Å². The molecule has 3 N–H and O–H groups in total. The van der Waals surface area contributed by atoms with Crippen LogP contribution >= 0.6 is 0 Å². The van der Waals surface area contributed by atoms with E-state index in [4.69, 9.17) is 9.39 Å². The van der Waals surface area contributed by atoms with Gasteiger partial charge in [0, 0.05) is 6.42 Å². The van der Waals surface area contributed by atoms with Crippen LogP contribution in [0.5, 0.6) is 11.5 Å². The number of amides is 1. The van der Waals surface area contributed by atoms with Gasteiger partial charge in [-0.1, -0.05) is 6.92 Å². The number of nitrogens with one attached hydrogen (secondary N) is 1. The third-order valence-electron chi connectivity index (χ3n) is 3.45. The number of hydrogen-bond acceptors (Lipinski definition) is 5. The van der Waals surface area contributed by atoms with Gasteiger partial charge in [-0.2, -0.15) is 0 Å². The molecular formula is C14H18BNO6. The molecule has 1 aliphatic heterocycles. The Kier molecular flexibility index (Phi) is 4.92. The molecule has 0 radical (unpaired) electrons. The van der Waals surface area contributed by atoms with E-state index in [1.54, 1.807) is 6.07 Å². The molecule has 0 saturated heterocycles. The zero-order chi connectivity index (χ0) is 16.3. The average molecular weight is 307 g/mol. The topological polar surface area (TPSA) is 105 Å². The molecule has 0 aromatic heterocycles. The van der Waals surface area contributed by atoms with Crippen LogP contribution in [0.2, 0.25) is 0 Å². The molecule has 1 unspecified atom stereocenters. The smallest absolute Gasteiger partial charge is 0.534 e. The highest BCUT2D eigenvalue weighted by Gasteiger charge is 2.38. The van der Waals surface area contributed by atoms with Gasteiger partial charge in [0.25, 0.3) is 0 Å². The summed E-state index contributed by atoms with van der Waals surface area (Å²) in [5.74, 6) is -1.48. The minimum atomic E-state index is -1.29. The molecule has 1 atom stereocenters. The fourth-order valence-electron chi connectivity index (χ4n) is 2.40. The van der Waals surface area contributed by atoms with Gasteiger partial charge < -0.3 is 24.8 Å². The number of carboxylic acids is 1. The molecule has 0 spiro atoms. The summed E-state index contributed by atoms with van der Waals surface area (Å²) >= 11 is 0. The maximum absolute atomic E-state index is 11.7. The van der Waals surface area contributed by atoms with Gasteiger partial charge >= 0.3 is 13.1 Å². The van der Waals surface area contributed by atoms with E-state index in [1.165, 1.54) is 13.2 Å². The lowest BCUT2D eigenvalue weighted by atomic mass is 9.72. The fraction of sp³-hybridized carbons (Fsp3) is 0.429. The molecule has 22 heavy (non-hydrogen) atoms. The van der Waals surface area contributed by atoms with Crippen molar-refractivity contribution in [1.82, 2.24) is 5.32 Å². The van der Waals surface area contributed by atoms with Crippen LogP contribution in [0.4, 0.5) is 0 Å². The lowest BCUT2D eigenvalue weighted by Gasteiger charge is -2.29. The van der Waals surface area contributed by atoms with Crippen molar-refractivity contribution in [1.29, 1.82) is 0 Å². The second-order valence-electron chi connectivity index (χ2n) is 5.10. The van der Waals surface area contributed by atoms with Gasteiger partial charge in [-0.25, -0.2) is 4.79 Å². The van der Waals surface area contributed by atoms with Crippen molar-refractivity contribution in [3.05, 3.63) is 23.3 Å². The number of benzene rings is 1. The number of hydrogen-bond donors (Lipinski definition) is 3. The number of carbonyl (C=O) groups is 2. The Morgan fingerprint density at radius 2 is 2.23 bits per heavy atom. The molecule has 0 fully saturated rings. The first-order valence-corrected chi connectivity index (χ1v) is 7.04. The van der Waals surface area contributed by atoms with Crippen LogP contribution in [0.15, 0.2) is 12.1 Å². The summed E-state index contributed by atoms with van der Waals surface area (Å²) in [6.45, 7) is 1.88. The number of aromatic carboxylic acids is 1. The Bertz CT molecular complexity index is 591. The third kappa shape index (κ3) is 3.33. The predicted molar refractivity (Wildman–Crippen MR) is 79.1 cm³/mol. The van der Waals surface area contributed by atoms with Gasteiger partial charge in [-0.15, -0.1) is 0 Å². The Labute approximate surface area is 128 Å². The largest absolute Gasteiger partial charge is 0.547 e.